The van der Waals surface area contributed by atoms with Gasteiger partial charge in [-0.1, -0.05) is 12.1 Å². The van der Waals surface area contributed by atoms with E-state index in [1.807, 2.05) is 0 Å². The first-order valence-electron chi connectivity index (χ1n) is 5.10. The van der Waals surface area contributed by atoms with Crippen molar-refractivity contribution in [2.24, 2.45) is 0 Å². The lowest BCUT2D eigenvalue weighted by Crippen LogP contribution is -2.08. The minimum Gasteiger partial charge on any atom is -0.393 e. The van der Waals surface area contributed by atoms with Crippen molar-refractivity contribution in [3.8, 4) is 0 Å². The van der Waals surface area contributed by atoms with E-state index in [4.69, 9.17) is 5.73 Å². The third-order valence-electron chi connectivity index (χ3n) is 2.39. The number of carbonyl (C=O) groups excluding carboxylic acids is 1. The number of nitro benzene ring substituents is 1. The number of hydrogen-bond donors (Lipinski definition) is 1. The number of nitro groups is 1. The molecule has 6 heteroatoms. The van der Waals surface area contributed by atoms with Gasteiger partial charge in [-0.05, 0) is 24.3 Å². The van der Waals surface area contributed by atoms with Crippen LogP contribution in [0.5, 0.6) is 0 Å². The number of para-hydroxylation sites is 1. The third-order valence-corrected chi connectivity index (χ3v) is 2.39. The highest BCUT2D eigenvalue weighted by Crippen LogP contribution is 2.27. The Morgan fingerprint density at radius 2 is 2.00 bits per heavy atom. The first kappa shape index (κ1) is 11.7. The Morgan fingerprint density at radius 1 is 1.22 bits per heavy atom. The zero-order chi connectivity index (χ0) is 13.1. The van der Waals surface area contributed by atoms with Gasteiger partial charge < -0.3 is 5.73 Å². The molecule has 2 aromatic rings. The van der Waals surface area contributed by atoms with E-state index in [1.54, 1.807) is 12.1 Å². The van der Waals surface area contributed by atoms with Crippen LogP contribution in [-0.4, -0.2) is 15.7 Å². The smallest absolute Gasteiger partial charge is 0.303 e. The van der Waals surface area contributed by atoms with Crippen LogP contribution in [0.4, 0.5) is 11.4 Å². The Morgan fingerprint density at radius 3 is 2.61 bits per heavy atom. The van der Waals surface area contributed by atoms with Gasteiger partial charge in [-0.15, -0.1) is 0 Å². The molecule has 0 aliphatic carbocycles. The summed E-state index contributed by atoms with van der Waals surface area (Å²) in [7, 11) is 0. The van der Waals surface area contributed by atoms with Gasteiger partial charge in [0.05, 0.1) is 4.92 Å². The molecule has 0 aliphatic heterocycles. The summed E-state index contributed by atoms with van der Waals surface area (Å²) >= 11 is 0. The van der Waals surface area contributed by atoms with Gasteiger partial charge in [0.2, 0.25) is 5.78 Å². The number of rotatable bonds is 3. The zero-order valence-corrected chi connectivity index (χ0v) is 9.24. The normalized spacial score (nSPS) is 10.0. The number of nitrogens with zero attached hydrogens (tertiary/aromatic N) is 2. The van der Waals surface area contributed by atoms with E-state index < -0.39 is 10.7 Å². The van der Waals surface area contributed by atoms with Crippen molar-refractivity contribution < 1.29 is 9.72 Å². The number of anilines is 1. The van der Waals surface area contributed by atoms with E-state index in [2.05, 4.69) is 4.98 Å². The Kier molecular flexibility index (Phi) is 3.01. The number of pyridine rings is 1. The number of carbonyl (C=O) groups is 1. The number of nitrogen functional groups attached to an aromatic ring is 1. The summed E-state index contributed by atoms with van der Waals surface area (Å²) in [5, 5.41) is 10.9. The quantitative estimate of drug-likeness (QED) is 0.383. The molecule has 0 amide bonds. The van der Waals surface area contributed by atoms with Gasteiger partial charge in [0.25, 0.3) is 0 Å². The number of nitrogens with two attached hydrogens (primary N) is 1. The maximum Gasteiger partial charge on any atom is 0.303 e. The molecule has 2 rings (SSSR count). The molecule has 0 fully saturated rings. The first-order chi connectivity index (χ1) is 8.61. The highest BCUT2D eigenvalue weighted by atomic mass is 16.6. The van der Waals surface area contributed by atoms with Crippen molar-refractivity contribution in [3.05, 3.63) is 64.0 Å². The van der Waals surface area contributed by atoms with E-state index in [-0.39, 0.29) is 22.6 Å². The molecule has 0 saturated heterocycles. The Bertz CT molecular complexity index is 611. The first-order valence-corrected chi connectivity index (χ1v) is 5.10. The van der Waals surface area contributed by atoms with Crippen molar-refractivity contribution in [1.82, 2.24) is 4.98 Å². The molecule has 0 atom stereocenters. The average Bonchev–Trinajstić information content (AvgIpc) is 2.38. The lowest BCUT2D eigenvalue weighted by atomic mass is 10.0. The molecule has 0 bridgehead atoms. The van der Waals surface area contributed by atoms with E-state index in [0.717, 1.165) is 0 Å². The predicted molar refractivity (Wildman–Crippen MR) is 65.2 cm³/mol. The summed E-state index contributed by atoms with van der Waals surface area (Å²) in [5.41, 5.74) is 5.19. The van der Waals surface area contributed by atoms with Crippen LogP contribution in [0.2, 0.25) is 0 Å². The molecule has 0 radical (unpaired) electrons. The van der Waals surface area contributed by atoms with E-state index in [9.17, 15) is 14.9 Å². The maximum absolute atomic E-state index is 12.1. The molecule has 0 unspecified atom stereocenters. The highest BCUT2D eigenvalue weighted by Gasteiger charge is 2.24. The maximum atomic E-state index is 12.1. The van der Waals surface area contributed by atoms with Crippen molar-refractivity contribution in [2.45, 2.75) is 0 Å². The van der Waals surface area contributed by atoms with Gasteiger partial charge in [-0.3, -0.25) is 19.9 Å². The minimum absolute atomic E-state index is 0.0400. The molecule has 18 heavy (non-hydrogen) atoms. The van der Waals surface area contributed by atoms with Crippen LogP contribution < -0.4 is 5.73 Å². The number of aromatic nitrogens is 1. The molecule has 0 aliphatic rings. The SMILES string of the molecule is Nc1cccc(C(=O)c2ccccn2)c1[N+](=O)[O-]. The molecule has 0 spiro atoms. The fourth-order valence-electron chi connectivity index (χ4n) is 1.58. The molecular weight excluding hydrogens is 234 g/mol. The van der Waals surface area contributed by atoms with Gasteiger partial charge in [-0.25, -0.2) is 0 Å². The largest absolute Gasteiger partial charge is 0.393 e. The molecule has 6 nitrogen and oxygen atoms in total. The second-order valence-corrected chi connectivity index (χ2v) is 3.54. The summed E-state index contributed by atoms with van der Waals surface area (Å²) in [6.07, 6.45) is 1.45. The van der Waals surface area contributed by atoms with Crippen LogP contribution in [0.1, 0.15) is 16.1 Å². The van der Waals surface area contributed by atoms with Crippen LogP contribution in [0.3, 0.4) is 0 Å². The molecule has 90 valence electrons. The Balaban J connectivity index is 2.56. The lowest BCUT2D eigenvalue weighted by molar-refractivity contribution is -0.384. The summed E-state index contributed by atoms with van der Waals surface area (Å²) in [6, 6.07) is 9.04. The minimum atomic E-state index is -0.661. The molecule has 2 N–H and O–H groups in total. The van der Waals surface area contributed by atoms with Crippen LogP contribution in [-0.2, 0) is 0 Å². The molecule has 1 heterocycles. The summed E-state index contributed by atoms with van der Waals surface area (Å²) in [4.78, 5) is 26.2. The number of ketones is 1. The molecular formula is C12H9N3O3. The second kappa shape index (κ2) is 4.62. The van der Waals surface area contributed by atoms with Gasteiger partial charge in [0.1, 0.15) is 16.9 Å². The monoisotopic (exact) mass is 243 g/mol. The molecule has 0 saturated carbocycles. The van der Waals surface area contributed by atoms with Gasteiger partial charge in [0, 0.05) is 6.20 Å². The fourth-order valence-corrected chi connectivity index (χ4v) is 1.58. The van der Waals surface area contributed by atoms with Gasteiger partial charge >= 0.3 is 5.69 Å². The standard InChI is InChI=1S/C12H9N3O3/c13-9-5-3-4-8(11(9)15(17)18)12(16)10-6-1-2-7-14-10/h1-7H,13H2. The number of benzene rings is 1. The average molecular weight is 243 g/mol. The second-order valence-electron chi connectivity index (χ2n) is 3.54. The van der Waals surface area contributed by atoms with Crippen molar-refractivity contribution in [1.29, 1.82) is 0 Å². The highest BCUT2D eigenvalue weighted by molar-refractivity contribution is 6.11. The van der Waals surface area contributed by atoms with Crippen LogP contribution in [0.25, 0.3) is 0 Å². The predicted octanol–water partition coefficient (Wildman–Crippen LogP) is 1.80. The Hall–Kier alpha value is -2.76. The van der Waals surface area contributed by atoms with Crippen molar-refractivity contribution in [2.75, 3.05) is 5.73 Å². The topological polar surface area (TPSA) is 99.1 Å². The van der Waals surface area contributed by atoms with E-state index in [1.165, 1.54) is 30.5 Å². The lowest BCUT2D eigenvalue weighted by Gasteiger charge is -2.03. The van der Waals surface area contributed by atoms with Crippen molar-refractivity contribution in [3.63, 3.8) is 0 Å². The summed E-state index contributed by atoms with van der Waals surface area (Å²) in [5.74, 6) is -0.519. The van der Waals surface area contributed by atoms with Crippen LogP contribution in [0, 0.1) is 10.1 Å². The van der Waals surface area contributed by atoms with Crippen molar-refractivity contribution >= 4 is 17.2 Å². The van der Waals surface area contributed by atoms with Crippen LogP contribution >= 0.6 is 0 Å². The Labute approximate surface area is 102 Å². The van der Waals surface area contributed by atoms with E-state index >= 15 is 0 Å². The molecule has 1 aromatic carbocycles. The zero-order valence-electron chi connectivity index (χ0n) is 9.24. The summed E-state index contributed by atoms with van der Waals surface area (Å²) < 4.78 is 0. The van der Waals surface area contributed by atoms with E-state index in [0.29, 0.717) is 0 Å². The number of hydrogen-bond acceptors (Lipinski definition) is 5. The van der Waals surface area contributed by atoms with Crippen LogP contribution in [0.15, 0.2) is 42.6 Å². The summed E-state index contributed by atoms with van der Waals surface area (Å²) in [6.45, 7) is 0. The van der Waals surface area contributed by atoms with Gasteiger partial charge in [0.15, 0.2) is 0 Å². The van der Waals surface area contributed by atoms with Gasteiger partial charge in [-0.2, -0.15) is 0 Å². The third kappa shape index (κ3) is 2.03. The fraction of sp³-hybridized carbons (Fsp3) is 0. The molecule has 1 aromatic heterocycles.